The van der Waals surface area contributed by atoms with Crippen LogP contribution in [0.2, 0.25) is 0 Å². The Morgan fingerprint density at radius 3 is 2.87 bits per heavy atom. The highest BCUT2D eigenvalue weighted by atomic mass is 19.1. The van der Waals surface area contributed by atoms with E-state index in [0.717, 1.165) is 0 Å². The fourth-order valence-corrected chi connectivity index (χ4v) is 1.33. The summed E-state index contributed by atoms with van der Waals surface area (Å²) in [5.41, 5.74) is 6.03. The van der Waals surface area contributed by atoms with Gasteiger partial charge in [0.25, 0.3) is 0 Å². The van der Waals surface area contributed by atoms with Crippen LogP contribution in [-0.2, 0) is 0 Å². The van der Waals surface area contributed by atoms with Crippen molar-refractivity contribution in [3.05, 3.63) is 29.6 Å². The smallest absolute Gasteiger partial charge is 0.131 e. The molecule has 15 heavy (non-hydrogen) atoms. The molecule has 84 valence electrons. The third-order valence-corrected chi connectivity index (χ3v) is 2.03. The molecule has 3 nitrogen and oxygen atoms in total. The molecule has 4 heteroatoms. The maximum Gasteiger partial charge on any atom is 0.131 e. The number of hydrogen-bond acceptors (Lipinski definition) is 3. The summed E-state index contributed by atoms with van der Waals surface area (Å²) in [5.74, 6) is 0.102. The summed E-state index contributed by atoms with van der Waals surface area (Å²) < 4.78 is 18.7. The molecular weight excluding hydrogens is 197 g/mol. The second-order valence-electron chi connectivity index (χ2n) is 3.37. The number of aliphatic hydroxyl groups excluding tert-OH is 1. The third kappa shape index (κ3) is 3.18. The van der Waals surface area contributed by atoms with E-state index in [9.17, 15) is 4.39 Å². The quantitative estimate of drug-likeness (QED) is 0.730. The van der Waals surface area contributed by atoms with Crippen LogP contribution < -0.4 is 10.5 Å². The van der Waals surface area contributed by atoms with Crippen LogP contribution in [0.4, 0.5) is 4.39 Å². The summed E-state index contributed by atoms with van der Waals surface area (Å²) in [4.78, 5) is 0. The first kappa shape index (κ1) is 11.9. The molecule has 0 saturated heterocycles. The van der Waals surface area contributed by atoms with Crippen molar-refractivity contribution in [2.24, 2.45) is 5.73 Å². The molecule has 0 aliphatic carbocycles. The highest BCUT2D eigenvalue weighted by molar-refractivity contribution is 5.36. The molecule has 0 aromatic heterocycles. The highest BCUT2D eigenvalue weighted by Gasteiger charge is 2.13. The zero-order valence-electron chi connectivity index (χ0n) is 8.74. The van der Waals surface area contributed by atoms with Crippen molar-refractivity contribution in [3.8, 4) is 5.75 Å². The van der Waals surface area contributed by atoms with E-state index in [4.69, 9.17) is 15.6 Å². The van der Waals surface area contributed by atoms with E-state index in [-0.39, 0.29) is 12.4 Å². The van der Waals surface area contributed by atoms with Gasteiger partial charge in [0.05, 0.1) is 6.61 Å². The Balaban J connectivity index is 2.81. The van der Waals surface area contributed by atoms with E-state index in [0.29, 0.717) is 24.3 Å². The molecule has 0 aliphatic heterocycles. The van der Waals surface area contributed by atoms with E-state index < -0.39 is 6.04 Å². The van der Waals surface area contributed by atoms with Gasteiger partial charge in [-0.15, -0.1) is 0 Å². The third-order valence-electron chi connectivity index (χ3n) is 2.03. The monoisotopic (exact) mass is 213 g/mol. The number of ether oxygens (including phenoxy) is 1. The summed E-state index contributed by atoms with van der Waals surface area (Å²) >= 11 is 0. The maximum absolute atomic E-state index is 13.4. The van der Waals surface area contributed by atoms with Gasteiger partial charge in [0.2, 0.25) is 0 Å². The van der Waals surface area contributed by atoms with Gasteiger partial charge in [-0.05, 0) is 19.1 Å². The van der Waals surface area contributed by atoms with Crippen molar-refractivity contribution in [2.75, 3.05) is 13.2 Å². The Bertz CT molecular complexity index is 315. The van der Waals surface area contributed by atoms with Gasteiger partial charge in [-0.2, -0.15) is 0 Å². The van der Waals surface area contributed by atoms with Crippen molar-refractivity contribution in [3.63, 3.8) is 0 Å². The first-order valence-corrected chi connectivity index (χ1v) is 4.94. The largest absolute Gasteiger partial charge is 0.493 e. The molecule has 1 unspecified atom stereocenters. The van der Waals surface area contributed by atoms with E-state index in [1.165, 1.54) is 6.07 Å². The van der Waals surface area contributed by atoms with Crippen molar-refractivity contribution in [1.82, 2.24) is 0 Å². The van der Waals surface area contributed by atoms with Gasteiger partial charge < -0.3 is 15.6 Å². The van der Waals surface area contributed by atoms with Gasteiger partial charge in [0.1, 0.15) is 11.6 Å². The lowest BCUT2D eigenvalue weighted by Gasteiger charge is -2.14. The molecule has 1 atom stereocenters. The fourth-order valence-electron chi connectivity index (χ4n) is 1.33. The summed E-state index contributed by atoms with van der Waals surface area (Å²) in [7, 11) is 0. The average Bonchev–Trinajstić information content (AvgIpc) is 2.17. The lowest BCUT2D eigenvalue weighted by molar-refractivity contribution is 0.231. The minimum atomic E-state index is -0.407. The Kier molecular flexibility index (Phi) is 4.52. The molecule has 1 aromatic carbocycles. The van der Waals surface area contributed by atoms with Gasteiger partial charge >= 0.3 is 0 Å². The Morgan fingerprint density at radius 1 is 1.53 bits per heavy atom. The molecular formula is C11H16FNO2. The number of rotatable bonds is 5. The van der Waals surface area contributed by atoms with Gasteiger partial charge in [0, 0.05) is 24.6 Å². The molecule has 0 heterocycles. The van der Waals surface area contributed by atoms with E-state index in [1.807, 2.05) is 0 Å². The molecule has 0 radical (unpaired) electrons. The molecule has 0 spiro atoms. The number of nitrogens with two attached hydrogens (primary N) is 1. The average molecular weight is 213 g/mol. The number of aliphatic hydroxyl groups is 1. The molecule has 0 fully saturated rings. The van der Waals surface area contributed by atoms with E-state index >= 15 is 0 Å². The Hall–Kier alpha value is -1.13. The second-order valence-corrected chi connectivity index (χ2v) is 3.37. The Labute approximate surface area is 88.7 Å². The second kappa shape index (κ2) is 5.68. The number of benzene rings is 1. The Morgan fingerprint density at radius 2 is 2.27 bits per heavy atom. The zero-order chi connectivity index (χ0) is 11.3. The van der Waals surface area contributed by atoms with Crippen LogP contribution >= 0.6 is 0 Å². The van der Waals surface area contributed by atoms with Gasteiger partial charge in [0.15, 0.2) is 0 Å². The van der Waals surface area contributed by atoms with Crippen molar-refractivity contribution < 1.29 is 14.2 Å². The van der Waals surface area contributed by atoms with E-state index in [1.54, 1.807) is 19.1 Å². The summed E-state index contributed by atoms with van der Waals surface area (Å²) in [6.45, 7) is 2.12. The molecule has 1 rings (SSSR count). The summed E-state index contributed by atoms with van der Waals surface area (Å²) in [6, 6.07) is 4.21. The minimum Gasteiger partial charge on any atom is -0.493 e. The predicted octanol–water partition coefficient (Wildman–Crippen LogP) is 1.61. The normalized spacial score (nSPS) is 12.5. The maximum atomic E-state index is 13.4. The lowest BCUT2D eigenvalue weighted by Crippen LogP contribution is -2.11. The molecule has 0 aliphatic rings. The molecule has 0 saturated carbocycles. The van der Waals surface area contributed by atoms with Gasteiger partial charge in [-0.25, -0.2) is 4.39 Å². The minimum absolute atomic E-state index is 0.0584. The topological polar surface area (TPSA) is 55.5 Å². The predicted molar refractivity (Wildman–Crippen MR) is 56.2 cm³/mol. The van der Waals surface area contributed by atoms with Crippen LogP contribution in [0.1, 0.15) is 24.9 Å². The van der Waals surface area contributed by atoms with E-state index in [2.05, 4.69) is 0 Å². The fraction of sp³-hybridized carbons (Fsp3) is 0.455. The van der Waals surface area contributed by atoms with Crippen LogP contribution in [0, 0.1) is 5.82 Å². The SMILES string of the molecule is CC(N)c1c(F)cccc1OCCCO. The molecule has 3 N–H and O–H groups in total. The molecule has 0 bridgehead atoms. The molecule has 1 aromatic rings. The van der Waals surface area contributed by atoms with Crippen LogP contribution in [0.3, 0.4) is 0 Å². The first-order valence-electron chi connectivity index (χ1n) is 4.94. The van der Waals surface area contributed by atoms with Gasteiger partial charge in [-0.3, -0.25) is 0 Å². The van der Waals surface area contributed by atoms with Crippen LogP contribution in [0.5, 0.6) is 5.75 Å². The summed E-state index contributed by atoms with van der Waals surface area (Å²) in [6.07, 6.45) is 0.523. The number of halogens is 1. The van der Waals surface area contributed by atoms with Gasteiger partial charge in [-0.1, -0.05) is 6.07 Å². The van der Waals surface area contributed by atoms with Crippen molar-refractivity contribution in [1.29, 1.82) is 0 Å². The zero-order valence-corrected chi connectivity index (χ0v) is 8.74. The number of hydrogen-bond donors (Lipinski definition) is 2. The van der Waals surface area contributed by atoms with Crippen molar-refractivity contribution in [2.45, 2.75) is 19.4 Å². The van der Waals surface area contributed by atoms with Crippen LogP contribution in [-0.4, -0.2) is 18.3 Å². The molecule has 0 amide bonds. The van der Waals surface area contributed by atoms with Crippen LogP contribution in [0.15, 0.2) is 18.2 Å². The highest BCUT2D eigenvalue weighted by Crippen LogP contribution is 2.26. The standard InChI is InChI=1S/C11H16FNO2/c1-8(13)11-9(12)4-2-5-10(11)15-7-3-6-14/h2,4-5,8,14H,3,6-7,13H2,1H3. The summed E-state index contributed by atoms with van der Waals surface area (Å²) in [5, 5.41) is 8.60. The first-order chi connectivity index (χ1) is 7.16. The lowest BCUT2D eigenvalue weighted by atomic mass is 10.1. The van der Waals surface area contributed by atoms with Crippen molar-refractivity contribution >= 4 is 0 Å². The van der Waals surface area contributed by atoms with Crippen LogP contribution in [0.25, 0.3) is 0 Å².